The first-order valence-electron chi connectivity index (χ1n) is 7.63. The summed E-state index contributed by atoms with van der Waals surface area (Å²) in [6, 6.07) is 8.06. The van der Waals surface area contributed by atoms with Crippen LogP contribution in [-0.2, 0) is 21.2 Å². The van der Waals surface area contributed by atoms with Gasteiger partial charge in [-0.2, -0.15) is 0 Å². The third-order valence-corrected chi connectivity index (χ3v) is 6.09. The van der Waals surface area contributed by atoms with E-state index in [4.69, 9.17) is 4.74 Å². The van der Waals surface area contributed by atoms with Crippen molar-refractivity contribution in [2.45, 2.75) is 19.4 Å². The van der Waals surface area contributed by atoms with Crippen LogP contribution in [0.2, 0.25) is 0 Å². The van der Waals surface area contributed by atoms with Crippen LogP contribution in [0, 0.1) is 0 Å². The fraction of sp³-hybridized carbons (Fsp3) is 0.294. The van der Waals surface area contributed by atoms with Crippen LogP contribution in [0.4, 0.5) is 5.69 Å². The van der Waals surface area contributed by atoms with E-state index in [2.05, 4.69) is 0 Å². The number of sulfonamides is 1. The average molecular weight is 379 g/mol. The Hall–Kier alpha value is -2.19. The summed E-state index contributed by atoms with van der Waals surface area (Å²) in [4.78, 5) is 24.5. The minimum Gasteiger partial charge on any atom is -0.453 e. The molecule has 2 aromatic rings. The predicted octanol–water partition coefficient (Wildman–Crippen LogP) is 2.50. The zero-order valence-corrected chi connectivity index (χ0v) is 15.4. The Kier molecular flexibility index (Phi) is 4.66. The molecule has 8 heteroatoms. The molecule has 0 aliphatic carbocycles. The van der Waals surface area contributed by atoms with Crippen molar-refractivity contribution in [2.24, 2.45) is 0 Å². The van der Waals surface area contributed by atoms with Crippen molar-refractivity contribution in [2.75, 3.05) is 17.2 Å². The molecule has 1 aliphatic heterocycles. The molecule has 0 spiro atoms. The molecule has 2 heterocycles. The Balaban J connectivity index is 1.73. The van der Waals surface area contributed by atoms with Gasteiger partial charge < -0.3 is 4.74 Å². The van der Waals surface area contributed by atoms with Gasteiger partial charge in [0.1, 0.15) is 4.88 Å². The molecule has 1 aromatic heterocycles. The maximum absolute atomic E-state index is 12.3. The van der Waals surface area contributed by atoms with Crippen molar-refractivity contribution in [3.8, 4) is 0 Å². The Morgan fingerprint density at radius 3 is 2.72 bits per heavy atom. The lowest BCUT2D eigenvalue weighted by Crippen LogP contribution is -2.34. The highest BCUT2D eigenvalue weighted by molar-refractivity contribution is 7.92. The van der Waals surface area contributed by atoms with E-state index in [0.29, 0.717) is 22.5 Å². The molecule has 1 atom stereocenters. The number of ether oxygens (including phenoxy) is 1. The second-order valence-corrected chi connectivity index (χ2v) is 8.74. The quantitative estimate of drug-likeness (QED) is 0.589. The molecule has 0 unspecified atom stereocenters. The molecular weight excluding hydrogens is 362 g/mol. The Morgan fingerprint density at radius 1 is 1.32 bits per heavy atom. The van der Waals surface area contributed by atoms with E-state index in [9.17, 15) is 18.0 Å². The molecular formula is C17H17NO5S2. The molecule has 0 fully saturated rings. The third kappa shape index (κ3) is 3.59. The van der Waals surface area contributed by atoms with Gasteiger partial charge in [-0.3, -0.25) is 9.10 Å². The van der Waals surface area contributed by atoms with Gasteiger partial charge in [-0.05, 0) is 48.6 Å². The molecule has 0 radical (unpaired) electrons. The van der Waals surface area contributed by atoms with E-state index in [1.807, 2.05) is 6.92 Å². The first kappa shape index (κ1) is 17.6. The van der Waals surface area contributed by atoms with Crippen molar-refractivity contribution < 1.29 is 22.7 Å². The summed E-state index contributed by atoms with van der Waals surface area (Å²) in [5, 5.41) is 1.76. The van der Waals surface area contributed by atoms with Crippen molar-refractivity contribution in [1.82, 2.24) is 0 Å². The smallest absolute Gasteiger partial charge is 0.348 e. The summed E-state index contributed by atoms with van der Waals surface area (Å²) in [6.45, 7) is 1.48. The minimum absolute atomic E-state index is 0.188. The summed E-state index contributed by atoms with van der Waals surface area (Å²) in [7, 11) is -3.36. The van der Waals surface area contributed by atoms with E-state index in [0.717, 1.165) is 5.56 Å². The number of nitrogens with zero attached hydrogens (tertiary/aromatic N) is 1. The summed E-state index contributed by atoms with van der Waals surface area (Å²) in [6.07, 6.45) is 1.71. The number of fused-ring (bicyclic) bond motifs is 1. The number of carbonyl (C=O) groups is 2. The second kappa shape index (κ2) is 6.61. The molecule has 0 saturated heterocycles. The van der Waals surface area contributed by atoms with Crippen molar-refractivity contribution >= 4 is 38.8 Å². The van der Waals surface area contributed by atoms with Crippen LogP contribution in [0.15, 0.2) is 35.7 Å². The number of hydrogen-bond donors (Lipinski definition) is 0. The second-order valence-electron chi connectivity index (χ2n) is 5.93. The van der Waals surface area contributed by atoms with E-state index < -0.39 is 16.0 Å². The highest BCUT2D eigenvalue weighted by Gasteiger charge is 2.32. The van der Waals surface area contributed by atoms with E-state index in [1.54, 1.807) is 35.7 Å². The highest BCUT2D eigenvalue weighted by Crippen LogP contribution is 2.34. The van der Waals surface area contributed by atoms with Gasteiger partial charge in [0.15, 0.2) is 12.4 Å². The molecule has 132 valence electrons. The summed E-state index contributed by atoms with van der Waals surface area (Å²) in [5.74, 6) is -0.848. The van der Waals surface area contributed by atoms with Crippen molar-refractivity contribution in [3.05, 3.63) is 51.7 Å². The number of rotatable bonds is 5. The van der Waals surface area contributed by atoms with Crippen LogP contribution >= 0.6 is 11.3 Å². The number of benzene rings is 1. The van der Waals surface area contributed by atoms with Crippen LogP contribution in [0.3, 0.4) is 0 Å². The topological polar surface area (TPSA) is 80.8 Å². The summed E-state index contributed by atoms with van der Waals surface area (Å²) in [5.41, 5.74) is 1.80. The zero-order chi connectivity index (χ0) is 18.2. The zero-order valence-electron chi connectivity index (χ0n) is 13.8. The molecule has 3 rings (SSSR count). The van der Waals surface area contributed by atoms with Gasteiger partial charge in [-0.1, -0.05) is 6.07 Å². The third-order valence-electron chi connectivity index (χ3n) is 3.97. The maximum atomic E-state index is 12.3. The Bertz CT molecular complexity index is 919. The van der Waals surface area contributed by atoms with Gasteiger partial charge >= 0.3 is 5.97 Å². The number of ketones is 1. The molecule has 0 bridgehead atoms. The van der Waals surface area contributed by atoms with Gasteiger partial charge in [0.25, 0.3) is 0 Å². The number of hydrogen-bond acceptors (Lipinski definition) is 6. The molecule has 1 aliphatic rings. The van der Waals surface area contributed by atoms with E-state index >= 15 is 0 Å². The normalized spacial score (nSPS) is 16.6. The molecule has 0 N–H and O–H groups in total. The number of anilines is 1. The lowest BCUT2D eigenvalue weighted by atomic mass is 10.0. The van der Waals surface area contributed by atoms with Crippen LogP contribution < -0.4 is 4.31 Å². The number of thiophene rings is 1. The minimum atomic E-state index is -3.36. The monoisotopic (exact) mass is 379 g/mol. The lowest BCUT2D eigenvalue weighted by Gasteiger charge is -2.21. The molecule has 1 aromatic carbocycles. The molecule has 25 heavy (non-hydrogen) atoms. The van der Waals surface area contributed by atoms with Gasteiger partial charge in [-0.15, -0.1) is 11.3 Å². The molecule has 0 saturated carbocycles. The first-order valence-corrected chi connectivity index (χ1v) is 10.4. The highest BCUT2D eigenvalue weighted by atomic mass is 32.2. The summed E-state index contributed by atoms with van der Waals surface area (Å²) >= 11 is 1.25. The Labute approximate surface area is 150 Å². The Morgan fingerprint density at radius 2 is 2.08 bits per heavy atom. The van der Waals surface area contributed by atoms with E-state index in [-0.39, 0.29) is 18.4 Å². The van der Waals surface area contributed by atoms with Gasteiger partial charge in [0.2, 0.25) is 10.0 Å². The number of Topliss-reactive ketones (excluding diaryl/α,β-unsaturated/α-hetero) is 1. The predicted molar refractivity (Wildman–Crippen MR) is 95.9 cm³/mol. The van der Waals surface area contributed by atoms with Crippen molar-refractivity contribution in [3.63, 3.8) is 0 Å². The largest absolute Gasteiger partial charge is 0.453 e. The standard InChI is InChI=1S/C17H17NO5S2/c1-11-8-13-9-12(5-6-14(13)18(11)25(2,21)22)15(19)10-23-17(20)16-4-3-7-24-16/h3-7,9,11H,8,10H2,1-2H3/t11-/m1/s1. The van der Waals surface area contributed by atoms with Gasteiger partial charge in [0, 0.05) is 11.6 Å². The lowest BCUT2D eigenvalue weighted by molar-refractivity contribution is 0.0479. The molecule has 6 nitrogen and oxygen atoms in total. The van der Waals surface area contributed by atoms with Gasteiger partial charge in [-0.25, -0.2) is 13.2 Å². The van der Waals surface area contributed by atoms with Crippen molar-refractivity contribution in [1.29, 1.82) is 0 Å². The number of esters is 1. The summed E-state index contributed by atoms with van der Waals surface area (Å²) < 4.78 is 30.2. The molecule has 0 amide bonds. The van der Waals surface area contributed by atoms with Crippen LogP contribution in [0.25, 0.3) is 0 Å². The number of carbonyl (C=O) groups excluding carboxylic acids is 2. The fourth-order valence-corrected chi connectivity index (χ4v) is 4.84. The van der Waals surface area contributed by atoms with E-state index in [1.165, 1.54) is 21.9 Å². The average Bonchev–Trinajstić information content (AvgIpc) is 3.17. The van der Waals surface area contributed by atoms with Gasteiger partial charge in [0.05, 0.1) is 11.9 Å². The van der Waals surface area contributed by atoms with Crippen LogP contribution in [0.5, 0.6) is 0 Å². The maximum Gasteiger partial charge on any atom is 0.348 e. The SMILES string of the molecule is C[C@@H]1Cc2cc(C(=O)COC(=O)c3cccs3)ccc2N1S(C)(=O)=O. The fourth-order valence-electron chi connectivity index (χ4n) is 2.96. The van der Waals surface area contributed by atoms with Crippen LogP contribution in [-0.4, -0.2) is 39.1 Å². The van der Waals surface area contributed by atoms with Crippen LogP contribution in [0.1, 0.15) is 32.5 Å². The first-order chi connectivity index (χ1) is 11.8.